The van der Waals surface area contributed by atoms with Gasteiger partial charge in [-0.15, -0.1) is 0 Å². The molecule has 2 aromatic heterocycles. The number of imidazole rings is 1. The fraction of sp³-hybridized carbons (Fsp3) is 0.423. The highest BCUT2D eigenvalue weighted by molar-refractivity contribution is 6.30. The number of benzene rings is 1. The van der Waals surface area contributed by atoms with Gasteiger partial charge >= 0.3 is 0 Å². The molecule has 0 amide bonds. The molecule has 0 unspecified atom stereocenters. The number of pyridine rings is 1. The van der Waals surface area contributed by atoms with Gasteiger partial charge in [0.05, 0.1) is 25.4 Å². The number of hydrogen-bond donors (Lipinski definition) is 0. The van der Waals surface area contributed by atoms with Crippen molar-refractivity contribution in [1.82, 2.24) is 19.4 Å². The minimum Gasteiger partial charge on any atom is -0.473 e. The molecule has 0 radical (unpaired) electrons. The monoisotopic (exact) mass is 495 g/mol. The summed E-state index contributed by atoms with van der Waals surface area (Å²) in [5.41, 5.74) is 2.02. The second-order valence-electron chi connectivity index (χ2n) is 9.04. The molecule has 182 valence electrons. The number of likely N-dealkylation sites (tertiary alicyclic amines) is 1. The third-order valence-corrected chi connectivity index (χ3v) is 6.97. The molecule has 1 aromatic carbocycles. The van der Waals surface area contributed by atoms with Gasteiger partial charge in [0.15, 0.2) is 0 Å². The minimum absolute atomic E-state index is 0.0983. The van der Waals surface area contributed by atoms with E-state index in [4.69, 9.17) is 21.1 Å². The SMILES string of the molecule is N#Cc1cnc(CN2CCC(c3cccc(OCc4ccc(Cl)cc4F)n3)CC2)n1C[C@@H]1CCO1. The summed E-state index contributed by atoms with van der Waals surface area (Å²) in [6.45, 7) is 4.13. The molecule has 1 atom stereocenters. The first kappa shape index (κ1) is 23.7. The van der Waals surface area contributed by atoms with Crippen LogP contribution in [-0.4, -0.2) is 45.2 Å². The highest BCUT2D eigenvalue weighted by Crippen LogP contribution is 2.29. The van der Waals surface area contributed by atoms with Gasteiger partial charge in [-0.3, -0.25) is 4.90 Å². The van der Waals surface area contributed by atoms with Crippen molar-refractivity contribution in [3.05, 3.63) is 76.2 Å². The van der Waals surface area contributed by atoms with E-state index in [2.05, 4.69) is 20.9 Å². The number of nitrogens with zero attached hydrogens (tertiary/aromatic N) is 5. The lowest BCUT2D eigenvalue weighted by Crippen LogP contribution is -2.35. The van der Waals surface area contributed by atoms with Gasteiger partial charge in [0.25, 0.3) is 0 Å². The molecule has 9 heteroatoms. The molecule has 0 saturated carbocycles. The third kappa shape index (κ3) is 5.64. The molecular formula is C26H27ClFN5O2. The number of hydrogen-bond acceptors (Lipinski definition) is 6. The van der Waals surface area contributed by atoms with E-state index in [1.165, 1.54) is 6.07 Å². The first-order valence-corrected chi connectivity index (χ1v) is 12.3. The quantitative estimate of drug-likeness (QED) is 0.451. The Kier molecular flexibility index (Phi) is 7.28. The van der Waals surface area contributed by atoms with Crippen LogP contribution in [0.15, 0.2) is 42.6 Å². The lowest BCUT2D eigenvalue weighted by molar-refractivity contribution is -0.0599. The smallest absolute Gasteiger partial charge is 0.213 e. The Balaban J connectivity index is 1.17. The van der Waals surface area contributed by atoms with Crippen LogP contribution >= 0.6 is 11.6 Å². The normalized spacial score (nSPS) is 18.7. The molecule has 2 fully saturated rings. The Bertz CT molecular complexity index is 1210. The van der Waals surface area contributed by atoms with Crippen LogP contribution in [0.25, 0.3) is 0 Å². The summed E-state index contributed by atoms with van der Waals surface area (Å²) in [6, 6.07) is 12.6. The van der Waals surface area contributed by atoms with Crippen LogP contribution in [0.5, 0.6) is 5.88 Å². The van der Waals surface area contributed by atoms with Crippen molar-refractivity contribution < 1.29 is 13.9 Å². The Labute approximate surface area is 209 Å². The number of halogens is 2. The van der Waals surface area contributed by atoms with E-state index in [1.807, 2.05) is 16.7 Å². The number of aromatic nitrogens is 3. The maximum absolute atomic E-state index is 14.0. The first-order valence-electron chi connectivity index (χ1n) is 11.9. The summed E-state index contributed by atoms with van der Waals surface area (Å²) in [4.78, 5) is 11.6. The molecule has 4 heterocycles. The molecule has 0 bridgehead atoms. The lowest BCUT2D eigenvalue weighted by Gasteiger charge is -2.32. The molecule has 2 saturated heterocycles. The zero-order valence-electron chi connectivity index (χ0n) is 19.4. The molecule has 35 heavy (non-hydrogen) atoms. The third-order valence-electron chi connectivity index (χ3n) is 6.74. The van der Waals surface area contributed by atoms with E-state index < -0.39 is 0 Å². The van der Waals surface area contributed by atoms with Crippen LogP contribution in [0.3, 0.4) is 0 Å². The Hall–Kier alpha value is -2.99. The molecule has 7 nitrogen and oxygen atoms in total. The van der Waals surface area contributed by atoms with Crippen molar-refractivity contribution in [2.45, 2.75) is 51.0 Å². The van der Waals surface area contributed by atoms with Gasteiger partial charge in [-0.25, -0.2) is 14.4 Å². The fourth-order valence-electron chi connectivity index (χ4n) is 4.58. The van der Waals surface area contributed by atoms with Crippen molar-refractivity contribution in [3.63, 3.8) is 0 Å². The summed E-state index contributed by atoms with van der Waals surface area (Å²) in [6.07, 6.45) is 4.81. The standard InChI is InChI=1S/C26H27ClFN5O2/c27-20-5-4-19(23(28)12-20)17-35-26-3-1-2-24(31-26)18-6-9-32(10-7-18)16-25-30-14-21(13-29)33(25)15-22-8-11-34-22/h1-5,12,14,18,22H,6-11,15-17H2/t22-/m0/s1. The predicted molar refractivity (Wildman–Crippen MR) is 129 cm³/mol. The molecule has 0 spiro atoms. The Morgan fingerprint density at radius 2 is 2.03 bits per heavy atom. The van der Waals surface area contributed by atoms with Gasteiger partial charge in [0, 0.05) is 34.9 Å². The maximum atomic E-state index is 14.0. The maximum Gasteiger partial charge on any atom is 0.213 e. The second kappa shape index (κ2) is 10.7. The summed E-state index contributed by atoms with van der Waals surface area (Å²) in [7, 11) is 0. The fourth-order valence-corrected chi connectivity index (χ4v) is 4.74. The number of ether oxygens (including phenoxy) is 2. The Morgan fingerprint density at radius 1 is 1.20 bits per heavy atom. The van der Waals surface area contributed by atoms with Gasteiger partial charge in [0.2, 0.25) is 5.88 Å². The summed E-state index contributed by atoms with van der Waals surface area (Å²) in [5.74, 6) is 1.35. The van der Waals surface area contributed by atoms with Crippen LogP contribution in [0.2, 0.25) is 5.02 Å². The van der Waals surface area contributed by atoms with Gasteiger partial charge in [-0.2, -0.15) is 5.26 Å². The number of rotatable bonds is 8. The van der Waals surface area contributed by atoms with Gasteiger partial charge in [-0.1, -0.05) is 23.7 Å². The molecule has 2 aliphatic rings. The number of piperidine rings is 1. The summed E-state index contributed by atoms with van der Waals surface area (Å²) >= 11 is 5.82. The predicted octanol–water partition coefficient (Wildman–Crippen LogP) is 4.69. The van der Waals surface area contributed by atoms with Crippen molar-refractivity contribution in [2.24, 2.45) is 0 Å². The van der Waals surface area contributed by atoms with Gasteiger partial charge < -0.3 is 14.0 Å². The zero-order valence-corrected chi connectivity index (χ0v) is 20.1. The summed E-state index contributed by atoms with van der Waals surface area (Å²) in [5, 5.41) is 9.81. The number of nitriles is 1. The van der Waals surface area contributed by atoms with Crippen LogP contribution < -0.4 is 4.74 Å². The van der Waals surface area contributed by atoms with E-state index in [0.717, 1.165) is 50.5 Å². The van der Waals surface area contributed by atoms with Crippen LogP contribution in [0.4, 0.5) is 4.39 Å². The van der Waals surface area contributed by atoms with E-state index in [9.17, 15) is 9.65 Å². The molecule has 0 aliphatic carbocycles. The highest BCUT2D eigenvalue weighted by Gasteiger charge is 2.25. The zero-order chi connectivity index (χ0) is 24.2. The van der Waals surface area contributed by atoms with Gasteiger partial charge in [-0.05, 0) is 50.6 Å². The molecule has 0 N–H and O–H groups in total. The average Bonchev–Trinajstić information content (AvgIpc) is 3.22. The van der Waals surface area contributed by atoms with Crippen LogP contribution in [-0.2, 0) is 24.4 Å². The molecule has 2 aliphatic heterocycles. The van der Waals surface area contributed by atoms with E-state index in [0.29, 0.717) is 41.2 Å². The second-order valence-corrected chi connectivity index (χ2v) is 9.48. The Morgan fingerprint density at radius 3 is 2.74 bits per heavy atom. The van der Waals surface area contributed by atoms with E-state index in [1.54, 1.807) is 24.4 Å². The highest BCUT2D eigenvalue weighted by atomic mass is 35.5. The van der Waals surface area contributed by atoms with E-state index in [-0.39, 0.29) is 18.5 Å². The summed E-state index contributed by atoms with van der Waals surface area (Å²) < 4.78 is 27.4. The van der Waals surface area contributed by atoms with Crippen molar-refractivity contribution in [1.29, 1.82) is 5.26 Å². The first-order chi connectivity index (χ1) is 17.1. The van der Waals surface area contributed by atoms with Gasteiger partial charge in [0.1, 0.15) is 30.0 Å². The molecular weight excluding hydrogens is 469 g/mol. The van der Waals surface area contributed by atoms with Crippen molar-refractivity contribution in [2.75, 3.05) is 19.7 Å². The van der Waals surface area contributed by atoms with E-state index >= 15 is 0 Å². The van der Waals surface area contributed by atoms with Crippen molar-refractivity contribution >= 4 is 11.6 Å². The van der Waals surface area contributed by atoms with Crippen LogP contribution in [0, 0.1) is 17.1 Å². The molecule has 5 rings (SSSR count). The minimum atomic E-state index is -0.385. The average molecular weight is 496 g/mol. The topological polar surface area (TPSA) is 76.2 Å². The van der Waals surface area contributed by atoms with Crippen molar-refractivity contribution in [3.8, 4) is 11.9 Å². The lowest BCUT2D eigenvalue weighted by atomic mass is 9.93. The largest absolute Gasteiger partial charge is 0.473 e. The molecule has 3 aromatic rings. The van der Waals surface area contributed by atoms with Crippen LogP contribution in [0.1, 0.15) is 48.0 Å².